The van der Waals surface area contributed by atoms with Crippen molar-refractivity contribution in [2.45, 2.75) is 12.1 Å². The molecule has 0 radical (unpaired) electrons. The maximum Gasteiger partial charge on any atom is 0.259 e. The molecule has 26 heavy (non-hydrogen) atoms. The fraction of sp³-hybridized carbons (Fsp3) is 0.182. The number of carbonyl (C=O) groups excluding carboxylic acids is 1. The van der Waals surface area contributed by atoms with Gasteiger partial charge >= 0.3 is 0 Å². The number of anilines is 1. The molecule has 0 N–H and O–H groups in total. The van der Waals surface area contributed by atoms with Crippen LogP contribution in [0.1, 0.15) is 11.7 Å². The molecule has 1 aliphatic rings. The Morgan fingerprint density at radius 2 is 1.88 bits per heavy atom. The van der Waals surface area contributed by atoms with E-state index in [-0.39, 0.29) is 11.9 Å². The Bertz CT molecular complexity index is 999. The van der Waals surface area contributed by atoms with Crippen LogP contribution >= 0.6 is 0 Å². The van der Waals surface area contributed by atoms with Crippen molar-refractivity contribution in [3.8, 4) is 0 Å². The second-order valence-corrected chi connectivity index (χ2v) is 6.34. The fourth-order valence-corrected chi connectivity index (χ4v) is 3.59. The SMILES string of the molecule is C=C=CCOC1C(=O)N(c2ccccc2)C1c1cc2ccccc2n1C. The van der Waals surface area contributed by atoms with Gasteiger partial charge in [-0.05, 0) is 35.7 Å². The number of ether oxygens (including phenoxy) is 1. The number of aromatic nitrogens is 1. The molecule has 0 bridgehead atoms. The molecule has 0 saturated carbocycles. The average Bonchev–Trinajstić information content (AvgIpc) is 3.00. The summed E-state index contributed by atoms with van der Waals surface area (Å²) in [6.07, 6.45) is 1.18. The van der Waals surface area contributed by atoms with E-state index in [1.165, 1.54) is 0 Å². The molecule has 2 heterocycles. The maximum absolute atomic E-state index is 12.8. The van der Waals surface area contributed by atoms with Crippen LogP contribution < -0.4 is 4.90 Å². The summed E-state index contributed by atoms with van der Waals surface area (Å²) in [7, 11) is 2.03. The highest BCUT2D eigenvalue weighted by atomic mass is 16.5. The third-order valence-corrected chi connectivity index (χ3v) is 4.88. The molecule has 2 aromatic carbocycles. The molecular weight excluding hydrogens is 324 g/mol. The lowest BCUT2D eigenvalue weighted by Gasteiger charge is -2.46. The van der Waals surface area contributed by atoms with Crippen LogP contribution in [0, 0.1) is 0 Å². The van der Waals surface area contributed by atoms with Gasteiger partial charge in [-0.3, -0.25) is 9.69 Å². The molecule has 4 nitrogen and oxygen atoms in total. The molecule has 4 heteroatoms. The topological polar surface area (TPSA) is 34.5 Å². The quantitative estimate of drug-likeness (QED) is 0.518. The van der Waals surface area contributed by atoms with E-state index in [2.05, 4.69) is 35.1 Å². The molecule has 1 aromatic heterocycles. The Morgan fingerprint density at radius 1 is 1.15 bits per heavy atom. The second-order valence-electron chi connectivity index (χ2n) is 6.34. The van der Waals surface area contributed by atoms with Gasteiger partial charge in [0.1, 0.15) is 6.04 Å². The summed E-state index contributed by atoms with van der Waals surface area (Å²) in [6, 6.07) is 19.9. The van der Waals surface area contributed by atoms with Crippen LogP contribution in [0.2, 0.25) is 0 Å². The van der Waals surface area contributed by atoms with Crippen molar-refractivity contribution in [3.05, 3.63) is 84.7 Å². The number of nitrogens with zero attached hydrogens (tertiary/aromatic N) is 2. The van der Waals surface area contributed by atoms with Gasteiger partial charge in [-0.2, -0.15) is 0 Å². The average molecular weight is 344 g/mol. The van der Waals surface area contributed by atoms with E-state index in [1.807, 2.05) is 54.4 Å². The van der Waals surface area contributed by atoms with Crippen molar-refractivity contribution in [1.29, 1.82) is 0 Å². The lowest BCUT2D eigenvalue weighted by atomic mass is 9.93. The van der Waals surface area contributed by atoms with Crippen LogP contribution in [0.4, 0.5) is 5.69 Å². The van der Waals surface area contributed by atoms with Gasteiger partial charge in [0.2, 0.25) is 0 Å². The van der Waals surface area contributed by atoms with Gasteiger partial charge < -0.3 is 9.30 Å². The fourth-order valence-electron chi connectivity index (χ4n) is 3.59. The number of fused-ring (bicyclic) bond motifs is 1. The summed E-state index contributed by atoms with van der Waals surface area (Å²) in [6.45, 7) is 3.87. The first-order valence-corrected chi connectivity index (χ1v) is 8.60. The number of para-hydroxylation sites is 2. The van der Waals surface area contributed by atoms with Crippen LogP contribution in [0.5, 0.6) is 0 Å². The number of β-lactam (4-membered cyclic amide) rings is 1. The van der Waals surface area contributed by atoms with Crippen molar-refractivity contribution in [2.24, 2.45) is 7.05 Å². The number of hydrogen-bond donors (Lipinski definition) is 0. The van der Waals surface area contributed by atoms with Gasteiger partial charge in [0, 0.05) is 23.9 Å². The van der Waals surface area contributed by atoms with E-state index in [4.69, 9.17) is 4.74 Å². The Balaban J connectivity index is 1.77. The molecule has 130 valence electrons. The van der Waals surface area contributed by atoms with E-state index in [0.717, 1.165) is 22.3 Å². The predicted molar refractivity (Wildman–Crippen MR) is 103 cm³/mol. The molecule has 2 atom stereocenters. The predicted octanol–water partition coefficient (Wildman–Crippen LogP) is 3.99. The molecule has 1 saturated heterocycles. The van der Waals surface area contributed by atoms with Gasteiger partial charge in [0.05, 0.1) is 6.61 Å². The largest absolute Gasteiger partial charge is 0.361 e. The summed E-state index contributed by atoms with van der Waals surface area (Å²) < 4.78 is 7.98. The Labute approximate surface area is 152 Å². The standard InChI is InChI=1S/C22H20N2O2/c1-3-4-14-26-21-20(24(22(21)25)17-11-6-5-7-12-17)19-15-16-10-8-9-13-18(16)23(19)2/h4-13,15,20-21H,1,14H2,2H3. The molecule has 3 aromatic rings. The molecule has 1 aliphatic heterocycles. The molecule has 0 spiro atoms. The number of hydrogen-bond acceptors (Lipinski definition) is 2. The molecule has 0 aliphatic carbocycles. The molecular formula is C22H20N2O2. The van der Waals surface area contributed by atoms with Gasteiger partial charge in [-0.25, -0.2) is 0 Å². The number of aryl methyl sites for hydroxylation is 1. The third kappa shape index (κ3) is 2.57. The first kappa shape index (κ1) is 16.4. The van der Waals surface area contributed by atoms with Crippen molar-refractivity contribution in [3.63, 3.8) is 0 Å². The Hall–Kier alpha value is -3.07. The van der Waals surface area contributed by atoms with Crippen LogP contribution in [-0.4, -0.2) is 23.2 Å². The van der Waals surface area contributed by atoms with Crippen molar-refractivity contribution < 1.29 is 9.53 Å². The zero-order valence-electron chi connectivity index (χ0n) is 14.6. The highest BCUT2D eigenvalue weighted by Gasteiger charge is 2.51. The van der Waals surface area contributed by atoms with E-state index in [0.29, 0.717) is 6.61 Å². The van der Waals surface area contributed by atoms with Crippen molar-refractivity contribution >= 4 is 22.5 Å². The van der Waals surface area contributed by atoms with Gasteiger partial charge in [-0.1, -0.05) is 43.0 Å². The van der Waals surface area contributed by atoms with Crippen LogP contribution in [0.25, 0.3) is 10.9 Å². The number of benzene rings is 2. The monoisotopic (exact) mass is 344 g/mol. The summed E-state index contributed by atoms with van der Waals surface area (Å²) in [5, 5.41) is 1.15. The highest BCUT2D eigenvalue weighted by Crippen LogP contribution is 2.42. The van der Waals surface area contributed by atoms with Gasteiger partial charge in [0.15, 0.2) is 6.10 Å². The summed E-state index contributed by atoms with van der Waals surface area (Å²) in [4.78, 5) is 14.6. The van der Waals surface area contributed by atoms with Crippen LogP contribution in [0.3, 0.4) is 0 Å². The lowest BCUT2D eigenvalue weighted by Crippen LogP contribution is -2.60. The minimum Gasteiger partial charge on any atom is -0.361 e. The van der Waals surface area contributed by atoms with Crippen LogP contribution in [-0.2, 0) is 16.6 Å². The van der Waals surface area contributed by atoms with Gasteiger partial charge in [-0.15, -0.1) is 5.73 Å². The van der Waals surface area contributed by atoms with Crippen LogP contribution in [0.15, 0.2) is 79.0 Å². The maximum atomic E-state index is 12.8. The molecule has 4 rings (SSSR count). The number of amides is 1. The molecule has 2 unspecified atom stereocenters. The van der Waals surface area contributed by atoms with E-state index < -0.39 is 6.10 Å². The van der Waals surface area contributed by atoms with E-state index in [9.17, 15) is 4.79 Å². The third-order valence-electron chi connectivity index (χ3n) is 4.88. The Morgan fingerprint density at radius 3 is 2.62 bits per heavy atom. The zero-order chi connectivity index (χ0) is 18.1. The van der Waals surface area contributed by atoms with Gasteiger partial charge in [0.25, 0.3) is 5.91 Å². The summed E-state index contributed by atoms with van der Waals surface area (Å²) >= 11 is 0. The first-order valence-electron chi connectivity index (χ1n) is 8.60. The first-order chi connectivity index (χ1) is 12.7. The number of carbonyl (C=O) groups is 1. The minimum absolute atomic E-state index is 0.0241. The Kier molecular flexibility index (Phi) is 4.21. The number of rotatable bonds is 5. The van der Waals surface area contributed by atoms with E-state index >= 15 is 0 Å². The molecule has 1 fully saturated rings. The lowest BCUT2D eigenvalue weighted by molar-refractivity contribution is -0.141. The van der Waals surface area contributed by atoms with Crippen molar-refractivity contribution in [2.75, 3.05) is 11.5 Å². The summed E-state index contributed by atoms with van der Waals surface area (Å²) in [5.41, 5.74) is 5.76. The van der Waals surface area contributed by atoms with E-state index in [1.54, 1.807) is 6.08 Å². The zero-order valence-corrected chi connectivity index (χ0v) is 14.6. The minimum atomic E-state index is -0.511. The molecule has 1 amide bonds. The normalized spacial score (nSPS) is 19.3. The highest BCUT2D eigenvalue weighted by molar-refractivity contribution is 6.05. The second kappa shape index (κ2) is 6.68. The summed E-state index contributed by atoms with van der Waals surface area (Å²) in [5.74, 6) is -0.0241. The van der Waals surface area contributed by atoms with Crippen molar-refractivity contribution in [1.82, 2.24) is 4.57 Å². The smallest absolute Gasteiger partial charge is 0.259 e.